The first kappa shape index (κ1) is 18.7. The minimum atomic E-state index is -0.0169. The number of nitrogens with zero attached hydrogens (tertiary/aromatic N) is 4. The molecule has 4 N–H and O–H groups in total. The van der Waals surface area contributed by atoms with E-state index >= 15 is 0 Å². The van der Waals surface area contributed by atoms with Gasteiger partial charge in [-0.25, -0.2) is 10.4 Å². The highest BCUT2D eigenvalue weighted by Crippen LogP contribution is 2.34. The highest BCUT2D eigenvalue weighted by atomic mass is 35.5. The average Bonchev–Trinajstić information content (AvgIpc) is 3.29. The normalized spacial score (nSPS) is 18.3. The quantitative estimate of drug-likeness (QED) is 0.492. The molecule has 2 aliphatic heterocycles. The number of fused-ring (bicyclic) bond motifs is 1. The predicted octanol–water partition coefficient (Wildman–Crippen LogP) is 0.488. The molecular formula is C18H23ClN7O2+. The molecule has 1 fully saturated rings. The Morgan fingerprint density at radius 3 is 2.82 bits per heavy atom. The van der Waals surface area contributed by atoms with E-state index in [1.54, 1.807) is 7.11 Å². The summed E-state index contributed by atoms with van der Waals surface area (Å²) in [5.74, 6) is 2.33. The number of methoxy groups -OCH3 is 1. The van der Waals surface area contributed by atoms with E-state index in [1.807, 2.05) is 34.7 Å². The number of carbonyl (C=O) groups is 1. The van der Waals surface area contributed by atoms with Gasteiger partial charge < -0.3 is 15.0 Å². The fourth-order valence-corrected chi connectivity index (χ4v) is 3.75. The first-order chi connectivity index (χ1) is 13.5. The zero-order valence-electron chi connectivity index (χ0n) is 15.8. The van der Waals surface area contributed by atoms with Crippen LogP contribution in [0.2, 0.25) is 5.28 Å². The van der Waals surface area contributed by atoms with Gasteiger partial charge in [0.15, 0.2) is 5.82 Å². The second-order valence-corrected chi connectivity index (χ2v) is 7.23. The summed E-state index contributed by atoms with van der Waals surface area (Å²) < 4.78 is 5.21. The molecule has 0 saturated carbocycles. The number of ether oxygens (including phenoxy) is 1. The minimum Gasteiger partial charge on any atom is -0.497 e. The van der Waals surface area contributed by atoms with Gasteiger partial charge in [0.2, 0.25) is 22.7 Å². The number of hydrogen-bond acceptors (Lipinski definition) is 7. The molecule has 0 radical (unpaired) electrons. The SMILES string of the molecule is COc1ccc(CN2N[NH2+]c3c(N4CCC(NC(C)=O)C4)nc(Cl)nc32)cc1. The summed E-state index contributed by atoms with van der Waals surface area (Å²) in [6, 6.07) is 8.01. The maximum absolute atomic E-state index is 11.3. The summed E-state index contributed by atoms with van der Waals surface area (Å²) in [5, 5.41) is 5.11. The predicted molar refractivity (Wildman–Crippen MR) is 105 cm³/mol. The van der Waals surface area contributed by atoms with Crippen molar-refractivity contribution < 1.29 is 15.0 Å². The zero-order chi connectivity index (χ0) is 19.7. The number of amides is 1. The van der Waals surface area contributed by atoms with Gasteiger partial charge in [0.25, 0.3) is 0 Å². The summed E-state index contributed by atoms with van der Waals surface area (Å²) in [6.45, 7) is 3.66. The summed E-state index contributed by atoms with van der Waals surface area (Å²) in [7, 11) is 1.65. The van der Waals surface area contributed by atoms with Gasteiger partial charge >= 0.3 is 0 Å². The first-order valence-electron chi connectivity index (χ1n) is 9.13. The zero-order valence-corrected chi connectivity index (χ0v) is 16.5. The van der Waals surface area contributed by atoms with Crippen molar-refractivity contribution in [2.24, 2.45) is 0 Å². The molecule has 1 atom stereocenters. The van der Waals surface area contributed by atoms with Crippen LogP contribution >= 0.6 is 11.6 Å². The van der Waals surface area contributed by atoms with Crippen LogP contribution in [0.3, 0.4) is 0 Å². The fourth-order valence-electron chi connectivity index (χ4n) is 3.59. The molecule has 1 amide bonds. The number of benzene rings is 1. The summed E-state index contributed by atoms with van der Waals surface area (Å²) >= 11 is 6.23. The number of quaternary nitrogens is 1. The van der Waals surface area contributed by atoms with E-state index in [2.05, 4.69) is 25.7 Å². The van der Waals surface area contributed by atoms with Crippen LogP contribution in [-0.2, 0) is 11.3 Å². The molecule has 1 aromatic carbocycles. The Morgan fingerprint density at radius 2 is 2.11 bits per heavy atom. The Kier molecular flexibility index (Phi) is 5.21. The number of rotatable bonds is 5. The van der Waals surface area contributed by atoms with Gasteiger partial charge in [-0.05, 0) is 35.7 Å². The molecule has 28 heavy (non-hydrogen) atoms. The second-order valence-electron chi connectivity index (χ2n) is 6.89. The van der Waals surface area contributed by atoms with E-state index in [-0.39, 0.29) is 17.2 Å². The Hall–Kier alpha value is -2.62. The molecule has 10 heteroatoms. The lowest BCUT2D eigenvalue weighted by Crippen LogP contribution is -2.88. The standard InChI is InChI=1S/C18H22ClN7O2/c1-11(27)20-13-7-8-25(10-13)16-15-17(22-18(19)21-16)26(24-23-15)9-12-3-5-14(28-2)6-4-12/h3-6,13,23-24H,7-10H2,1-2H3,(H,20,27)/p+1. The molecule has 148 valence electrons. The van der Waals surface area contributed by atoms with Crippen LogP contribution in [-0.4, -0.2) is 42.1 Å². The van der Waals surface area contributed by atoms with Gasteiger partial charge in [0.05, 0.1) is 13.7 Å². The van der Waals surface area contributed by atoms with Crippen LogP contribution in [0.5, 0.6) is 5.75 Å². The average molecular weight is 405 g/mol. The Labute approximate surface area is 168 Å². The molecule has 1 unspecified atom stereocenters. The molecular weight excluding hydrogens is 382 g/mol. The van der Waals surface area contributed by atoms with Crippen molar-refractivity contribution in [1.29, 1.82) is 0 Å². The molecule has 2 aromatic rings. The van der Waals surface area contributed by atoms with Crippen molar-refractivity contribution >= 4 is 34.8 Å². The highest BCUT2D eigenvalue weighted by Gasteiger charge is 2.35. The van der Waals surface area contributed by atoms with Gasteiger partial charge in [-0.15, -0.1) is 0 Å². The van der Waals surface area contributed by atoms with Crippen LogP contribution in [0.15, 0.2) is 24.3 Å². The summed E-state index contributed by atoms with van der Waals surface area (Å²) in [4.78, 5) is 22.4. The van der Waals surface area contributed by atoms with Crippen molar-refractivity contribution in [3.05, 3.63) is 35.1 Å². The van der Waals surface area contributed by atoms with Crippen molar-refractivity contribution in [3.63, 3.8) is 0 Å². The maximum atomic E-state index is 11.3. The van der Waals surface area contributed by atoms with Crippen molar-refractivity contribution in [2.75, 3.05) is 30.1 Å². The van der Waals surface area contributed by atoms with Crippen molar-refractivity contribution in [1.82, 2.24) is 20.8 Å². The van der Waals surface area contributed by atoms with Crippen molar-refractivity contribution in [3.8, 4) is 5.75 Å². The van der Waals surface area contributed by atoms with Crippen molar-refractivity contribution in [2.45, 2.75) is 25.9 Å². The van der Waals surface area contributed by atoms with Crippen LogP contribution in [0, 0.1) is 0 Å². The lowest BCUT2D eigenvalue weighted by atomic mass is 10.2. The fraction of sp³-hybridized carbons (Fsp3) is 0.389. The van der Waals surface area contributed by atoms with Gasteiger partial charge in [-0.1, -0.05) is 17.7 Å². The summed E-state index contributed by atoms with van der Waals surface area (Å²) in [5.41, 5.74) is 7.17. The number of halogens is 1. The van der Waals surface area contributed by atoms with E-state index in [4.69, 9.17) is 16.3 Å². The van der Waals surface area contributed by atoms with E-state index in [9.17, 15) is 4.79 Å². The Bertz CT molecular complexity index is 877. The number of nitrogens with one attached hydrogen (secondary N) is 2. The maximum Gasteiger partial charge on any atom is 0.237 e. The van der Waals surface area contributed by atoms with Gasteiger partial charge in [-0.2, -0.15) is 9.97 Å². The highest BCUT2D eigenvalue weighted by molar-refractivity contribution is 6.28. The topological polar surface area (TPSA) is 99.2 Å². The number of hydrazine groups is 1. The Morgan fingerprint density at radius 1 is 1.36 bits per heavy atom. The van der Waals surface area contributed by atoms with Crippen LogP contribution in [0.4, 0.5) is 17.3 Å². The molecule has 3 heterocycles. The molecule has 9 nitrogen and oxygen atoms in total. The molecule has 4 rings (SSSR count). The molecule has 1 saturated heterocycles. The molecule has 0 bridgehead atoms. The molecule has 0 spiro atoms. The number of hydrogen-bond donors (Lipinski definition) is 3. The first-order valence-corrected chi connectivity index (χ1v) is 9.50. The van der Waals surface area contributed by atoms with Gasteiger partial charge in [-0.3, -0.25) is 4.79 Å². The van der Waals surface area contributed by atoms with Crippen LogP contribution < -0.4 is 30.9 Å². The lowest BCUT2D eigenvalue weighted by molar-refractivity contribution is -0.625. The Balaban J connectivity index is 1.54. The number of nitrogens with two attached hydrogens (primary N) is 1. The third-order valence-electron chi connectivity index (χ3n) is 4.89. The number of anilines is 2. The molecule has 1 aromatic heterocycles. The minimum absolute atomic E-state index is 0.0169. The lowest BCUT2D eigenvalue weighted by Gasteiger charge is -2.18. The number of carbonyl (C=O) groups excluding carboxylic acids is 1. The largest absolute Gasteiger partial charge is 0.497 e. The third kappa shape index (κ3) is 3.82. The van der Waals surface area contributed by atoms with Crippen LogP contribution in [0.25, 0.3) is 0 Å². The van der Waals surface area contributed by atoms with E-state index in [0.29, 0.717) is 13.1 Å². The van der Waals surface area contributed by atoms with Gasteiger partial charge in [0.1, 0.15) is 5.75 Å². The van der Waals surface area contributed by atoms with E-state index in [0.717, 1.165) is 41.6 Å². The third-order valence-corrected chi connectivity index (χ3v) is 5.06. The number of aromatic nitrogens is 2. The molecule has 0 aliphatic carbocycles. The van der Waals surface area contributed by atoms with E-state index in [1.165, 1.54) is 6.92 Å². The second kappa shape index (κ2) is 7.78. The smallest absolute Gasteiger partial charge is 0.237 e. The summed E-state index contributed by atoms with van der Waals surface area (Å²) in [6.07, 6.45) is 0.874. The molecule has 2 aliphatic rings. The van der Waals surface area contributed by atoms with E-state index < -0.39 is 0 Å². The van der Waals surface area contributed by atoms with Crippen LogP contribution in [0.1, 0.15) is 18.9 Å². The van der Waals surface area contributed by atoms with Gasteiger partial charge in [0, 0.05) is 26.1 Å². The monoisotopic (exact) mass is 404 g/mol.